The summed E-state index contributed by atoms with van der Waals surface area (Å²) in [6.07, 6.45) is 1.92. The minimum atomic E-state index is -0.107. The molecule has 3 aromatic rings. The number of nitrogens with one attached hydrogen (secondary N) is 1. The van der Waals surface area contributed by atoms with Crippen molar-refractivity contribution in [1.29, 1.82) is 0 Å². The van der Waals surface area contributed by atoms with Gasteiger partial charge in [-0.2, -0.15) is 5.10 Å². The second kappa shape index (κ2) is 9.45. The summed E-state index contributed by atoms with van der Waals surface area (Å²) in [6.45, 7) is 10.2. The van der Waals surface area contributed by atoms with Crippen LogP contribution in [0.4, 0.5) is 0 Å². The topological polar surface area (TPSA) is 59.4 Å². The zero-order valence-corrected chi connectivity index (χ0v) is 18.5. The van der Waals surface area contributed by atoms with Crippen LogP contribution in [0.3, 0.4) is 0 Å². The van der Waals surface area contributed by atoms with Gasteiger partial charge in [0, 0.05) is 26.2 Å². The molecular weight excluding hydrogens is 388 g/mol. The first-order valence-corrected chi connectivity index (χ1v) is 10.8. The van der Waals surface area contributed by atoms with Crippen molar-refractivity contribution in [3.63, 3.8) is 0 Å². The Morgan fingerprint density at radius 1 is 1.16 bits per heavy atom. The Balaban J connectivity index is 1.40. The SMILES string of the molecule is Cc1ccccc1-n1ncc(C(=O)NCc2cccc(CN3CCOC(C)C3)c2)c1C. The van der Waals surface area contributed by atoms with Crippen LogP contribution in [0.25, 0.3) is 5.69 Å². The standard InChI is InChI=1S/C25H30N4O2/c1-18-7-4-5-10-24(18)29-20(3)23(15-27-29)25(30)26-14-21-8-6-9-22(13-21)17-28-11-12-31-19(2)16-28/h4-10,13,15,19H,11-12,14,16-17H2,1-3H3,(H,26,30). The lowest BCUT2D eigenvalue weighted by molar-refractivity contribution is -0.0212. The summed E-state index contributed by atoms with van der Waals surface area (Å²) in [7, 11) is 0. The normalized spacial score (nSPS) is 16.9. The minimum absolute atomic E-state index is 0.107. The van der Waals surface area contributed by atoms with Crippen LogP contribution in [0.15, 0.2) is 54.7 Å². The number of rotatable bonds is 6. The fraction of sp³-hybridized carbons (Fsp3) is 0.360. The molecule has 4 rings (SSSR count). The first kappa shape index (κ1) is 21.3. The van der Waals surface area contributed by atoms with E-state index in [1.807, 2.05) is 42.8 Å². The van der Waals surface area contributed by atoms with Crippen molar-refractivity contribution in [1.82, 2.24) is 20.0 Å². The van der Waals surface area contributed by atoms with Gasteiger partial charge in [0.2, 0.25) is 0 Å². The molecule has 0 radical (unpaired) electrons. The lowest BCUT2D eigenvalue weighted by Crippen LogP contribution is -2.40. The molecule has 0 bridgehead atoms. The first-order valence-electron chi connectivity index (χ1n) is 10.8. The third kappa shape index (κ3) is 5.03. The molecule has 2 aromatic carbocycles. The number of benzene rings is 2. The van der Waals surface area contributed by atoms with Gasteiger partial charge in [0.15, 0.2) is 0 Å². The van der Waals surface area contributed by atoms with E-state index in [0.717, 1.165) is 48.7 Å². The molecule has 6 nitrogen and oxygen atoms in total. The van der Waals surface area contributed by atoms with Crippen LogP contribution in [-0.2, 0) is 17.8 Å². The molecule has 0 aliphatic carbocycles. The van der Waals surface area contributed by atoms with Gasteiger partial charge in [-0.15, -0.1) is 0 Å². The van der Waals surface area contributed by atoms with Crippen molar-refractivity contribution in [2.45, 2.75) is 40.0 Å². The molecule has 1 aliphatic rings. The van der Waals surface area contributed by atoms with E-state index < -0.39 is 0 Å². The summed E-state index contributed by atoms with van der Waals surface area (Å²) in [6, 6.07) is 16.5. The zero-order chi connectivity index (χ0) is 21.8. The van der Waals surface area contributed by atoms with Gasteiger partial charge in [-0.1, -0.05) is 42.5 Å². The lowest BCUT2D eigenvalue weighted by atomic mass is 10.1. The van der Waals surface area contributed by atoms with Crippen LogP contribution in [0, 0.1) is 13.8 Å². The Morgan fingerprint density at radius 3 is 2.77 bits per heavy atom. The Labute approximate surface area is 183 Å². The number of para-hydroxylation sites is 1. The molecule has 0 spiro atoms. The van der Waals surface area contributed by atoms with Crippen molar-refractivity contribution in [2.24, 2.45) is 0 Å². The molecule has 1 atom stereocenters. The van der Waals surface area contributed by atoms with Gasteiger partial charge in [0.25, 0.3) is 5.91 Å². The fourth-order valence-electron chi connectivity index (χ4n) is 4.08. The van der Waals surface area contributed by atoms with Crippen molar-refractivity contribution in [2.75, 3.05) is 19.7 Å². The van der Waals surface area contributed by atoms with E-state index in [0.29, 0.717) is 12.1 Å². The van der Waals surface area contributed by atoms with Gasteiger partial charge in [0.05, 0.1) is 35.9 Å². The zero-order valence-electron chi connectivity index (χ0n) is 18.5. The molecule has 1 unspecified atom stereocenters. The van der Waals surface area contributed by atoms with Crippen molar-refractivity contribution >= 4 is 5.91 Å². The number of carbonyl (C=O) groups excluding carboxylic acids is 1. The predicted molar refractivity (Wildman–Crippen MR) is 121 cm³/mol. The van der Waals surface area contributed by atoms with Crippen LogP contribution >= 0.6 is 0 Å². The summed E-state index contributed by atoms with van der Waals surface area (Å²) in [4.78, 5) is 15.2. The number of hydrogen-bond acceptors (Lipinski definition) is 4. The number of amides is 1. The third-order valence-electron chi connectivity index (χ3n) is 5.77. The molecule has 2 heterocycles. The maximum absolute atomic E-state index is 12.8. The third-order valence-corrected chi connectivity index (χ3v) is 5.77. The van der Waals surface area contributed by atoms with Crippen molar-refractivity contribution in [3.8, 4) is 5.69 Å². The van der Waals surface area contributed by atoms with Crippen LogP contribution in [0.5, 0.6) is 0 Å². The van der Waals surface area contributed by atoms with Gasteiger partial charge in [0.1, 0.15) is 0 Å². The van der Waals surface area contributed by atoms with E-state index >= 15 is 0 Å². The number of hydrogen-bond donors (Lipinski definition) is 1. The van der Waals surface area contributed by atoms with Crippen LogP contribution in [0.1, 0.15) is 39.7 Å². The van der Waals surface area contributed by atoms with Gasteiger partial charge in [-0.3, -0.25) is 9.69 Å². The maximum Gasteiger partial charge on any atom is 0.255 e. The minimum Gasteiger partial charge on any atom is -0.376 e. The average Bonchev–Trinajstić information content (AvgIpc) is 3.14. The smallest absolute Gasteiger partial charge is 0.255 e. The molecule has 0 saturated carbocycles. The quantitative estimate of drug-likeness (QED) is 0.664. The van der Waals surface area contributed by atoms with Crippen LogP contribution in [0.2, 0.25) is 0 Å². The number of carbonyl (C=O) groups is 1. The molecule has 162 valence electrons. The monoisotopic (exact) mass is 418 g/mol. The lowest BCUT2D eigenvalue weighted by Gasteiger charge is -2.31. The van der Waals surface area contributed by atoms with E-state index in [2.05, 4.69) is 46.5 Å². The summed E-state index contributed by atoms with van der Waals surface area (Å²) in [5.41, 5.74) is 5.89. The highest BCUT2D eigenvalue weighted by Gasteiger charge is 2.18. The molecule has 31 heavy (non-hydrogen) atoms. The van der Waals surface area contributed by atoms with Crippen molar-refractivity contribution < 1.29 is 9.53 Å². The largest absolute Gasteiger partial charge is 0.376 e. The van der Waals surface area contributed by atoms with Gasteiger partial charge < -0.3 is 10.1 Å². The molecular formula is C25H30N4O2. The molecule has 1 amide bonds. The molecule has 1 aromatic heterocycles. The second-order valence-corrected chi connectivity index (χ2v) is 8.26. The number of nitrogens with zero attached hydrogens (tertiary/aromatic N) is 3. The van der Waals surface area contributed by atoms with Crippen LogP contribution < -0.4 is 5.32 Å². The first-order chi connectivity index (χ1) is 15.0. The maximum atomic E-state index is 12.8. The predicted octanol–water partition coefficient (Wildman–Crippen LogP) is 3.64. The van der Waals surface area contributed by atoms with Crippen molar-refractivity contribution in [3.05, 3.63) is 82.7 Å². The highest BCUT2D eigenvalue weighted by atomic mass is 16.5. The molecule has 6 heteroatoms. The van der Waals surface area contributed by atoms with E-state index in [1.54, 1.807) is 6.20 Å². The Bertz CT molecular complexity index is 1060. The number of morpholine rings is 1. The fourth-order valence-corrected chi connectivity index (χ4v) is 4.08. The number of aryl methyl sites for hydroxylation is 1. The van der Waals surface area contributed by atoms with E-state index in [-0.39, 0.29) is 12.0 Å². The highest BCUT2D eigenvalue weighted by Crippen LogP contribution is 2.18. The highest BCUT2D eigenvalue weighted by molar-refractivity contribution is 5.95. The number of ether oxygens (including phenoxy) is 1. The average molecular weight is 419 g/mol. The molecule has 1 aliphatic heterocycles. The molecule has 1 N–H and O–H groups in total. The Kier molecular flexibility index (Phi) is 6.49. The Hall–Kier alpha value is -2.96. The van der Waals surface area contributed by atoms with E-state index in [4.69, 9.17) is 4.74 Å². The summed E-state index contributed by atoms with van der Waals surface area (Å²) < 4.78 is 7.45. The van der Waals surface area contributed by atoms with Gasteiger partial charge in [-0.25, -0.2) is 4.68 Å². The van der Waals surface area contributed by atoms with E-state index in [1.165, 1.54) is 5.56 Å². The second-order valence-electron chi connectivity index (χ2n) is 8.26. The van der Waals surface area contributed by atoms with Gasteiger partial charge >= 0.3 is 0 Å². The summed E-state index contributed by atoms with van der Waals surface area (Å²) in [5, 5.41) is 7.50. The molecule has 1 saturated heterocycles. The molecule has 1 fully saturated rings. The summed E-state index contributed by atoms with van der Waals surface area (Å²) in [5.74, 6) is -0.107. The van der Waals surface area contributed by atoms with Crippen LogP contribution in [-0.4, -0.2) is 46.4 Å². The van der Waals surface area contributed by atoms with Gasteiger partial charge in [-0.05, 0) is 43.5 Å². The van der Waals surface area contributed by atoms with E-state index in [9.17, 15) is 4.79 Å². The number of aromatic nitrogens is 2. The Morgan fingerprint density at radius 2 is 1.97 bits per heavy atom. The summed E-state index contributed by atoms with van der Waals surface area (Å²) >= 11 is 0.